The summed E-state index contributed by atoms with van der Waals surface area (Å²) in [4.78, 5) is 24.9. The van der Waals surface area contributed by atoms with E-state index in [0.29, 0.717) is 19.6 Å². The number of morpholine rings is 1. The van der Waals surface area contributed by atoms with E-state index in [1.807, 2.05) is 30.3 Å². The zero-order valence-electron chi connectivity index (χ0n) is 11.2. The Kier molecular flexibility index (Phi) is 4.70. The van der Waals surface area contributed by atoms with Crippen LogP contribution in [0.4, 0.5) is 0 Å². The number of nitrogens with zero attached hydrogens (tertiary/aromatic N) is 1. The van der Waals surface area contributed by atoms with Crippen molar-refractivity contribution in [3.8, 4) is 0 Å². The lowest BCUT2D eigenvalue weighted by Crippen LogP contribution is -2.54. The number of carbonyl (C=O) groups is 2. The Morgan fingerprint density at radius 1 is 1.35 bits per heavy atom. The van der Waals surface area contributed by atoms with Gasteiger partial charge in [-0.3, -0.25) is 9.59 Å². The lowest BCUT2D eigenvalue weighted by molar-refractivity contribution is -0.146. The third kappa shape index (κ3) is 3.55. The zero-order valence-corrected chi connectivity index (χ0v) is 11.2. The lowest BCUT2D eigenvalue weighted by atomic mass is 10.1. The van der Waals surface area contributed by atoms with Gasteiger partial charge in [0.25, 0.3) is 0 Å². The van der Waals surface area contributed by atoms with Crippen LogP contribution < -0.4 is 11.5 Å². The van der Waals surface area contributed by atoms with E-state index in [2.05, 4.69) is 0 Å². The first-order valence-electron chi connectivity index (χ1n) is 6.57. The predicted octanol–water partition coefficient (Wildman–Crippen LogP) is -0.731. The number of benzene rings is 1. The second-order valence-electron chi connectivity index (χ2n) is 4.84. The van der Waals surface area contributed by atoms with Crippen LogP contribution >= 0.6 is 0 Å². The van der Waals surface area contributed by atoms with Crippen molar-refractivity contribution in [3.05, 3.63) is 35.9 Å². The van der Waals surface area contributed by atoms with E-state index < -0.39 is 18.1 Å². The molecule has 1 unspecified atom stereocenters. The Hall–Kier alpha value is -1.92. The maximum Gasteiger partial charge on any atom is 0.248 e. The number of primary amides is 1. The minimum absolute atomic E-state index is 0.177. The quantitative estimate of drug-likeness (QED) is 0.758. The SMILES string of the molecule is NC(=O)C1CN(C(=O)[C@@H](N)Cc2ccccc2)CCO1. The summed E-state index contributed by atoms with van der Waals surface area (Å²) in [7, 11) is 0. The van der Waals surface area contributed by atoms with E-state index in [4.69, 9.17) is 16.2 Å². The molecule has 4 N–H and O–H groups in total. The topological polar surface area (TPSA) is 98.7 Å². The standard InChI is InChI=1S/C14H19N3O3/c15-11(8-10-4-2-1-3-5-10)14(19)17-6-7-20-12(9-17)13(16)18/h1-5,11-12H,6-9,15H2,(H2,16,18)/t11-,12?/m0/s1. The Balaban J connectivity index is 1.94. The van der Waals surface area contributed by atoms with E-state index in [1.165, 1.54) is 0 Å². The summed E-state index contributed by atoms with van der Waals surface area (Å²) in [5, 5.41) is 0. The van der Waals surface area contributed by atoms with E-state index >= 15 is 0 Å². The van der Waals surface area contributed by atoms with Crippen molar-refractivity contribution in [1.29, 1.82) is 0 Å². The van der Waals surface area contributed by atoms with Crippen molar-refractivity contribution in [2.24, 2.45) is 11.5 Å². The largest absolute Gasteiger partial charge is 0.367 e. The van der Waals surface area contributed by atoms with Crippen molar-refractivity contribution in [1.82, 2.24) is 4.90 Å². The molecule has 2 rings (SSSR count). The van der Waals surface area contributed by atoms with E-state index in [-0.39, 0.29) is 12.5 Å². The molecule has 2 atom stereocenters. The summed E-state index contributed by atoms with van der Waals surface area (Å²) in [6, 6.07) is 8.96. The molecule has 6 nitrogen and oxygen atoms in total. The molecule has 0 spiro atoms. The van der Waals surface area contributed by atoms with Crippen molar-refractivity contribution < 1.29 is 14.3 Å². The third-order valence-corrected chi connectivity index (χ3v) is 3.31. The molecule has 0 radical (unpaired) electrons. The van der Waals surface area contributed by atoms with Gasteiger partial charge in [0.15, 0.2) is 6.10 Å². The number of ether oxygens (including phenoxy) is 1. The normalized spacial score (nSPS) is 20.4. The van der Waals surface area contributed by atoms with E-state index in [1.54, 1.807) is 4.90 Å². The van der Waals surface area contributed by atoms with Crippen LogP contribution in [0.25, 0.3) is 0 Å². The first-order valence-corrected chi connectivity index (χ1v) is 6.57. The number of hydrogen-bond donors (Lipinski definition) is 2. The number of nitrogens with two attached hydrogens (primary N) is 2. The van der Waals surface area contributed by atoms with Gasteiger partial charge in [0.05, 0.1) is 19.2 Å². The second-order valence-corrected chi connectivity index (χ2v) is 4.84. The molecule has 1 fully saturated rings. The summed E-state index contributed by atoms with van der Waals surface area (Å²) >= 11 is 0. The first kappa shape index (κ1) is 14.5. The van der Waals surface area contributed by atoms with Gasteiger partial charge in [-0.15, -0.1) is 0 Å². The average molecular weight is 277 g/mol. The van der Waals surface area contributed by atoms with Crippen LogP contribution in [0, 0.1) is 0 Å². The first-order chi connectivity index (χ1) is 9.58. The number of carbonyl (C=O) groups excluding carboxylic acids is 2. The fraction of sp³-hybridized carbons (Fsp3) is 0.429. The van der Waals surface area contributed by atoms with Crippen LogP contribution in [0.1, 0.15) is 5.56 Å². The molecule has 1 aliphatic heterocycles. The maximum atomic E-state index is 12.3. The molecule has 2 amide bonds. The van der Waals surface area contributed by atoms with Gasteiger partial charge in [-0.05, 0) is 12.0 Å². The Morgan fingerprint density at radius 2 is 2.05 bits per heavy atom. The van der Waals surface area contributed by atoms with Crippen molar-refractivity contribution in [3.63, 3.8) is 0 Å². The molecule has 1 aromatic rings. The van der Waals surface area contributed by atoms with Crippen molar-refractivity contribution in [2.75, 3.05) is 19.7 Å². The fourth-order valence-electron chi connectivity index (χ4n) is 2.21. The van der Waals surface area contributed by atoms with Crippen LogP contribution in [0.3, 0.4) is 0 Å². The Labute approximate surface area is 117 Å². The lowest BCUT2D eigenvalue weighted by Gasteiger charge is -2.33. The van der Waals surface area contributed by atoms with E-state index in [0.717, 1.165) is 5.56 Å². The number of rotatable bonds is 4. The molecule has 1 aromatic carbocycles. The summed E-state index contributed by atoms with van der Waals surface area (Å²) in [5.74, 6) is -0.734. The Morgan fingerprint density at radius 3 is 2.70 bits per heavy atom. The van der Waals surface area contributed by atoms with Gasteiger partial charge in [-0.2, -0.15) is 0 Å². The molecular formula is C14H19N3O3. The molecule has 0 aromatic heterocycles. The second kappa shape index (κ2) is 6.49. The van der Waals surface area contributed by atoms with Crippen molar-refractivity contribution >= 4 is 11.8 Å². The predicted molar refractivity (Wildman–Crippen MR) is 73.6 cm³/mol. The van der Waals surface area contributed by atoms with Gasteiger partial charge < -0.3 is 21.1 Å². The molecule has 0 saturated carbocycles. The van der Waals surface area contributed by atoms with Gasteiger partial charge in [0, 0.05) is 6.54 Å². The summed E-state index contributed by atoms with van der Waals surface area (Å²) in [6.45, 7) is 0.916. The summed E-state index contributed by atoms with van der Waals surface area (Å²) in [5.41, 5.74) is 12.2. The molecule has 1 saturated heterocycles. The molecular weight excluding hydrogens is 258 g/mol. The third-order valence-electron chi connectivity index (χ3n) is 3.31. The van der Waals surface area contributed by atoms with Crippen LogP contribution in [0.15, 0.2) is 30.3 Å². The highest BCUT2D eigenvalue weighted by atomic mass is 16.5. The van der Waals surface area contributed by atoms with Gasteiger partial charge in [0.2, 0.25) is 11.8 Å². The zero-order chi connectivity index (χ0) is 14.5. The number of amides is 2. The number of hydrogen-bond acceptors (Lipinski definition) is 4. The molecule has 6 heteroatoms. The summed E-state index contributed by atoms with van der Waals surface area (Å²) < 4.78 is 5.21. The van der Waals surface area contributed by atoms with Gasteiger partial charge in [0.1, 0.15) is 0 Å². The van der Waals surface area contributed by atoms with Gasteiger partial charge in [-0.1, -0.05) is 30.3 Å². The van der Waals surface area contributed by atoms with Crippen LogP contribution in [-0.2, 0) is 20.7 Å². The molecule has 108 valence electrons. The summed E-state index contributed by atoms with van der Waals surface area (Å²) in [6.07, 6.45) is -0.269. The highest BCUT2D eigenvalue weighted by Crippen LogP contribution is 2.09. The highest BCUT2D eigenvalue weighted by molar-refractivity contribution is 5.84. The van der Waals surface area contributed by atoms with Gasteiger partial charge in [-0.25, -0.2) is 0 Å². The average Bonchev–Trinajstić information content (AvgIpc) is 2.47. The molecule has 20 heavy (non-hydrogen) atoms. The van der Waals surface area contributed by atoms with Crippen LogP contribution in [0.2, 0.25) is 0 Å². The maximum absolute atomic E-state index is 12.3. The molecule has 1 heterocycles. The fourth-order valence-corrected chi connectivity index (χ4v) is 2.21. The molecule has 0 bridgehead atoms. The minimum atomic E-state index is -0.739. The minimum Gasteiger partial charge on any atom is -0.367 e. The molecule has 0 aliphatic carbocycles. The van der Waals surface area contributed by atoms with E-state index in [9.17, 15) is 9.59 Å². The monoisotopic (exact) mass is 277 g/mol. The van der Waals surface area contributed by atoms with Gasteiger partial charge >= 0.3 is 0 Å². The van der Waals surface area contributed by atoms with Crippen molar-refractivity contribution in [2.45, 2.75) is 18.6 Å². The molecule has 1 aliphatic rings. The van der Waals surface area contributed by atoms with Crippen LogP contribution in [0.5, 0.6) is 0 Å². The van der Waals surface area contributed by atoms with Crippen LogP contribution in [-0.4, -0.2) is 48.6 Å². The Bertz CT molecular complexity index is 478. The highest BCUT2D eigenvalue weighted by Gasteiger charge is 2.30. The smallest absolute Gasteiger partial charge is 0.248 e.